The molecule has 1 saturated carbocycles. The second-order valence-corrected chi connectivity index (χ2v) is 10.2. The summed E-state index contributed by atoms with van der Waals surface area (Å²) in [5.41, 5.74) is -0.436. The maximum Gasteiger partial charge on any atom is 0.320 e. The molecule has 2 N–H and O–H groups in total. The minimum atomic E-state index is -0.977. The van der Waals surface area contributed by atoms with Crippen LogP contribution in [-0.2, 0) is 9.53 Å². The van der Waals surface area contributed by atoms with Crippen molar-refractivity contribution >= 4 is 11.9 Å². The molecule has 4 aliphatic rings. The molecule has 2 atom stereocenters. The summed E-state index contributed by atoms with van der Waals surface area (Å²) < 4.78 is 5.27. The van der Waals surface area contributed by atoms with Gasteiger partial charge in [0.05, 0.1) is 24.8 Å². The number of amides is 3. The first-order valence-corrected chi connectivity index (χ1v) is 12.7. The van der Waals surface area contributed by atoms with E-state index in [0.717, 1.165) is 37.8 Å². The molecule has 4 fully saturated rings. The molecule has 0 aromatic carbocycles. The second-order valence-electron chi connectivity index (χ2n) is 10.2. The summed E-state index contributed by atoms with van der Waals surface area (Å²) in [5, 5.41) is 15.3. The third-order valence-electron chi connectivity index (χ3n) is 8.17. The number of likely N-dealkylation sites (tertiary alicyclic amines) is 1. The summed E-state index contributed by atoms with van der Waals surface area (Å²) in [5.74, 6) is -0.0560. The zero-order valence-corrected chi connectivity index (χ0v) is 20.5. The van der Waals surface area contributed by atoms with E-state index in [-0.39, 0.29) is 30.0 Å². The normalized spacial score (nSPS) is 30.1. The molecule has 1 spiro atoms. The molecular formula is C26H40N4O4. The molecule has 34 heavy (non-hydrogen) atoms. The van der Waals surface area contributed by atoms with E-state index in [4.69, 9.17) is 4.74 Å². The van der Waals surface area contributed by atoms with Crippen LogP contribution in [-0.4, -0.2) is 102 Å². The lowest BCUT2D eigenvalue weighted by atomic mass is 9.65. The van der Waals surface area contributed by atoms with Crippen LogP contribution in [0.25, 0.3) is 0 Å². The highest BCUT2D eigenvalue weighted by Gasteiger charge is 2.56. The zero-order chi connectivity index (χ0) is 24.2. The predicted molar refractivity (Wildman–Crippen MR) is 131 cm³/mol. The lowest BCUT2D eigenvalue weighted by Crippen LogP contribution is -2.67. The lowest BCUT2D eigenvalue weighted by Gasteiger charge is -2.54. The molecule has 3 saturated heterocycles. The Labute approximate surface area is 203 Å². The highest BCUT2D eigenvalue weighted by molar-refractivity contribution is 5.78. The van der Waals surface area contributed by atoms with Crippen LogP contribution in [0, 0.1) is 5.41 Å². The van der Waals surface area contributed by atoms with Gasteiger partial charge in [-0.25, -0.2) is 4.79 Å². The Morgan fingerprint density at radius 3 is 2.76 bits per heavy atom. The quantitative estimate of drug-likeness (QED) is 0.598. The number of allylic oxidation sites excluding steroid dienone is 3. The van der Waals surface area contributed by atoms with Crippen LogP contribution in [0.3, 0.4) is 0 Å². The molecular weight excluding hydrogens is 432 g/mol. The van der Waals surface area contributed by atoms with Gasteiger partial charge in [0.25, 0.3) is 0 Å². The van der Waals surface area contributed by atoms with E-state index in [0.29, 0.717) is 52.3 Å². The minimum Gasteiger partial charge on any atom is -0.387 e. The predicted octanol–water partition coefficient (Wildman–Crippen LogP) is 1.92. The maximum atomic E-state index is 13.8. The van der Waals surface area contributed by atoms with Crippen LogP contribution in [0.5, 0.6) is 0 Å². The molecule has 1 unspecified atom stereocenters. The van der Waals surface area contributed by atoms with E-state index in [1.165, 1.54) is 0 Å². The Morgan fingerprint density at radius 1 is 1.24 bits per heavy atom. The second kappa shape index (κ2) is 10.6. The van der Waals surface area contributed by atoms with Crippen molar-refractivity contribution in [3.63, 3.8) is 0 Å². The van der Waals surface area contributed by atoms with Gasteiger partial charge in [-0.1, -0.05) is 43.7 Å². The largest absolute Gasteiger partial charge is 0.387 e. The molecule has 0 aromatic heterocycles. The number of carbonyl (C=O) groups is 2. The van der Waals surface area contributed by atoms with Gasteiger partial charge in [-0.2, -0.15) is 0 Å². The van der Waals surface area contributed by atoms with Crippen molar-refractivity contribution in [3.05, 3.63) is 36.5 Å². The van der Waals surface area contributed by atoms with Gasteiger partial charge in [0.15, 0.2) is 0 Å². The number of urea groups is 1. The smallest absolute Gasteiger partial charge is 0.320 e. The molecule has 8 nitrogen and oxygen atoms in total. The van der Waals surface area contributed by atoms with Gasteiger partial charge in [0.1, 0.15) is 6.61 Å². The van der Waals surface area contributed by atoms with E-state index < -0.39 is 5.60 Å². The minimum absolute atomic E-state index is 0.0304. The number of morpholine rings is 1. The number of aliphatic hydroxyl groups is 1. The molecule has 1 aliphatic carbocycles. The highest BCUT2D eigenvalue weighted by atomic mass is 16.5. The first kappa shape index (κ1) is 24.9. The number of hydrogen-bond donors (Lipinski definition) is 2. The summed E-state index contributed by atoms with van der Waals surface area (Å²) in [6.45, 7) is 10.8. The van der Waals surface area contributed by atoms with Gasteiger partial charge in [0, 0.05) is 44.7 Å². The van der Waals surface area contributed by atoms with Crippen LogP contribution in [0.2, 0.25) is 0 Å². The SMILES string of the molecule is C=C(/C=C\C=C/C)[C@@H]1CNCCN1C(=O)N1CCC(O)(CN2CCOCC2=O)C2(CCCC2)C1. The number of piperazine rings is 1. The number of piperidine rings is 1. The number of ether oxygens (including phenoxy) is 1. The molecule has 0 radical (unpaired) electrons. The molecule has 0 bridgehead atoms. The summed E-state index contributed by atoms with van der Waals surface area (Å²) in [6.07, 6.45) is 12.2. The van der Waals surface area contributed by atoms with Crippen LogP contribution >= 0.6 is 0 Å². The van der Waals surface area contributed by atoms with E-state index in [1.54, 1.807) is 4.90 Å². The maximum absolute atomic E-state index is 13.8. The average molecular weight is 473 g/mol. The summed E-state index contributed by atoms with van der Waals surface area (Å²) >= 11 is 0. The molecule has 3 heterocycles. The third-order valence-corrected chi connectivity index (χ3v) is 8.17. The number of carbonyl (C=O) groups excluding carboxylic acids is 2. The fraction of sp³-hybridized carbons (Fsp3) is 0.692. The van der Waals surface area contributed by atoms with E-state index in [9.17, 15) is 14.7 Å². The average Bonchev–Trinajstić information content (AvgIpc) is 3.32. The number of nitrogens with zero attached hydrogens (tertiary/aromatic N) is 3. The Hall–Kier alpha value is -2.16. The standard InChI is InChI=1S/C26H40N4O4/c1-3-4-5-8-21(2)22-17-27-12-14-30(22)24(32)29-13-11-26(33,25(19-29)9-6-7-10-25)20-28-15-16-34-18-23(28)31/h3-5,8,22,27,33H,2,6-7,9-20H2,1H3/b4-3-,8-5-/t22-,26?/m0/s1. The van der Waals surface area contributed by atoms with Crippen LogP contribution in [0.4, 0.5) is 4.79 Å². The topological polar surface area (TPSA) is 85.3 Å². The summed E-state index contributed by atoms with van der Waals surface area (Å²) in [7, 11) is 0. The fourth-order valence-corrected chi connectivity index (χ4v) is 6.14. The van der Waals surface area contributed by atoms with E-state index in [1.807, 2.05) is 41.0 Å². The van der Waals surface area contributed by atoms with Crippen molar-refractivity contribution in [2.45, 2.75) is 50.7 Å². The lowest BCUT2D eigenvalue weighted by molar-refractivity contribution is -0.165. The van der Waals surface area contributed by atoms with Gasteiger partial charge >= 0.3 is 6.03 Å². The zero-order valence-electron chi connectivity index (χ0n) is 20.5. The Bertz CT molecular complexity index is 835. The van der Waals surface area contributed by atoms with Crippen molar-refractivity contribution in [2.24, 2.45) is 5.41 Å². The molecule has 3 amide bonds. The van der Waals surface area contributed by atoms with Crippen molar-refractivity contribution in [3.8, 4) is 0 Å². The van der Waals surface area contributed by atoms with Gasteiger partial charge in [0.2, 0.25) is 5.91 Å². The van der Waals surface area contributed by atoms with Crippen molar-refractivity contribution in [1.29, 1.82) is 0 Å². The Balaban J connectivity index is 1.49. The number of nitrogens with one attached hydrogen (secondary N) is 1. The number of hydrogen-bond acceptors (Lipinski definition) is 5. The first-order chi connectivity index (χ1) is 16.4. The first-order valence-electron chi connectivity index (χ1n) is 12.7. The highest BCUT2D eigenvalue weighted by Crippen LogP contribution is 2.51. The monoisotopic (exact) mass is 472 g/mol. The van der Waals surface area contributed by atoms with Gasteiger partial charge in [-0.05, 0) is 31.8 Å². The molecule has 3 aliphatic heterocycles. The molecule has 4 rings (SSSR count). The number of rotatable bonds is 5. The number of β-amino-alcohol motifs (C(OH)–C–C–N with tert-alkyl or cyclic N) is 1. The van der Waals surface area contributed by atoms with Crippen LogP contribution in [0.15, 0.2) is 36.5 Å². The van der Waals surface area contributed by atoms with E-state index >= 15 is 0 Å². The van der Waals surface area contributed by atoms with Gasteiger partial charge in [-0.3, -0.25) is 4.79 Å². The Morgan fingerprint density at radius 2 is 2.03 bits per heavy atom. The van der Waals surface area contributed by atoms with Crippen molar-refractivity contribution < 1.29 is 19.4 Å². The molecule has 0 aromatic rings. The van der Waals surface area contributed by atoms with Crippen molar-refractivity contribution in [2.75, 3.05) is 59.0 Å². The fourth-order valence-electron chi connectivity index (χ4n) is 6.14. The summed E-state index contributed by atoms with van der Waals surface area (Å²) in [6, 6.07) is -0.0584. The van der Waals surface area contributed by atoms with Gasteiger partial charge < -0.3 is 29.9 Å². The van der Waals surface area contributed by atoms with E-state index in [2.05, 4.69) is 11.9 Å². The molecule has 188 valence electrons. The third kappa shape index (κ3) is 4.95. The van der Waals surface area contributed by atoms with Gasteiger partial charge in [-0.15, -0.1) is 0 Å². The van der Waals surface area contributed by atoms with Crippen molar-refractivity contribution in [1.82, 2.24) is 20.0 Å². The summed E-state index contributed by atoms with van der Waals surface area (Å²) in [4.78, 5) is 31.8. The molecule has 8 heteroatoms. The van der Waals surface area contributed by atoms with Crippen LogP contribution in [0.1, 0.15) is 39.0 Å². The van der Waals surface area contributed by atoms with Crippen LogP contribution < -0.4 is 5.32 Å². The Kier molecular flexibility index (Phi) is 7.80.